The van der Waals surface area contributed by atoms with Crippen molar-refractivity contribution in [2.45, 2.75) is 147 Å². The van der Waals surface area contributed by atoms with E-state index < -0.39 is 180 Å². The smallest absolute Gasteiger partial charge is 0.187 e. The summed E-state index contributed by atoms with van der Waals surface area (Å²) in [4.78, 5) is 0. The van der Waals surface area contributed by atoms with Gasteiger partial charge in [0.1, 0.15) is 116 Å². The first-order chi connectivity index (χ1) is 25.5. The summed E-state index contributed by atoms with van der Waals surface area (Å²) in [7, 11) is 0. The van der Waals surface area contributed by atoms with Crippen LogP contribution in [0.3, 0.4) is 0 Å². The molecule has 0 bridgehead atoms. The summed E-state index contributed by atoms with van der Waals surface area (Å²) in [6, 6.07) is 0. The number of hydrogen-bond acceptors (Lipinski definition) is 25. The summed E-state index contributed by atoms with van der Waals surface area (Å²) in [5, 5.41) is 165. The predicted molar refractivity (Wildman–Crippen MR) is 161 cm³/mol. The highest BCUT2D eigenvalue weighted by Gasteiger charge is 2.55. The van der Waals surface area contributed by atoms with Crippen molar-refractivity contribution in [2.75, 3.05) is 33.0 Å². The highest BCUT2D eigenvalue weighted by molar-refractivity contribution is 4.97. The van der Waals surface area contributed by atoms with Crippen LogP contribution in [0.2, 0.25) is 0 Å². The lowest BCUT2D eigenvalue weighted by Gasteiger charge is -2.48. The molecule has 0 radical (unpaired) electrons. The number of aliphatic hydroxyl groups excluding tert-OH is 16. The molecule has 5 aliphatic rings. The molecule has 0 unspecified atom stereocenters. The van der Waals surface area contributed by atoms with Gasteiger partial charge in [0, 0.05) is 0 Å². The van der Waals surface area contributed by atoms with Crippen molar-refractivity contribution in [1.29, 1.82) is 0 Å². The molecular formula is C29H50O25. The van der Waals surface area contributed by atoms with Crippen LogP contribution < -0.4 is 0 Å². The fourth-order valence-corrected chi connectivity index (χ4v) is 6.62. The van der Waals surface area contributed by atoms with E-state index in [1.807, 2.05) is 0 Å². The molecule has 5 fully saturated rings. The molecule has 0 amide bonds. The monoisotopic (exact) mass is 798 g/mol. The highest BCUT2D eigenvalue weighted by atomic mass is 16.8. The molecule has 16 N–H and O–H groups in total. The fourth-order valence-electron chi connectivity index (χ4n) is 6.62. The maximum atomic E-state index is 11.3. The van der Waals surface area contributed by atoms with E-state index in [1.54, 1.807) is 0 Å². The van der Waals surface area contributed by atoms with Gasteiger partial charge in [0.15, 0.2) is 31.5 Å². The number of hydrogen-bond donors (Lipinski definition) is 16. The van der Waals surface area contributed by atoms with Gasteiger partial charge in [0.2, 0.25) is 0 Å². The van der Waals surface area contributed by atoms with Crippen molar-refractivity contribution < 1.29 is 124 Å². The van der Waals surface area contributed by atoms with Gasteiger partial charge >= 0.3 is 0 Å². The SMILES string of the molecule is OC[C@H]1O[C@@H](O[C@H]2[C@@H](OC[C@H]3O[C@@H](O[C@H]4[C@H](O)[C@@H](O)[C@H](O)O[C@@H]4CO)[C@H](O)[C@@H](O)[C@@H]3O[C@@H]3O[C@H](CO)[C@@H](O)[C@H](O)[C@H]3O)OC[C@@H](O)[C@@H]2O)[C@H](O)[C@@H](O)[C@H]1O. The van der Waals surface area contributed by atoms with Gasteiger partial charge in [-0.15, -0.1) is 0 Å². The number of ether oxygens (including phenoxy) is 9. The minimum absolute atomic E-state index is 0.569. The van der Waals surface area contributed by atoms with E-state index in [2.05, 4.69) is 0 Å². The predicted octanol–water partition coefficient (Wildman–Crippen LogP) is -11.3. The average Bonchev–Trinajstić information content (AvgIpc) is 3.16. The zero-order valence-corrected chi connectivity index (χ0v) is 28.2. The van der Waals surface area contributed by atoms with Crippen LogP contribution in [0.4, 0.5) is 0 Å². The van der Waals surface area contributed by atoms with E-state index in [-0.39, 0.29) is 0 Å². The van der Waals surface area contributed by atoms with Crippen molar-refractivity contribution in [3.63, 3.8) is 0 Å². The molecule has 0 aliphatic carbocycles. The number of aliphatic hydroxyl groups is 16. The first-order valence-electron chi connectivity index (χ1n) is 17.0. The standard InChI is InChI=1S/C29H50O25/c30-1-7-12(35)14(37)19(42)26(49-7)53-23-10(51-28(21(44)17(23)40)52-22-9(3-32)48-25(45)18(41)16(22)39)5-47-29-24(11(34)6(33)4-46-29)54-27-20(43)15(38)13(36)8(2-31)50-27/h6-45H,1-5H2/t6-,7-,8-,9-,10-,11+,12-,13+,14+,15+,16-,17-,18-,19-,20-,21-,22-,23-,24-,25-,26+,27+,28+,29-/m1/s1. The van der Waals surface area contributed by atoms with E-state index >= 15 is 0 Å². The van der Waals surface area contributed by atoms with Crippen molar-refractivity contribution in [3.05, 3.63) is 0 Å². The third-order valence-corrected chi connectivity index (χ3v) is 9.91. The molecular weight excluding hydrogens is 748 g/mol. The van der Waals surface area contributed by atoms with Gasteiger partial charge in [0.25, 0.3) is 0 Å². The summed E-state index contributed by atoms with van der Waals surface area (Å²) in [6.07, 6.45) is -43.7. The molecule has 24 atom stereocenters. The third-order valence-electron chi connectivity index (χ3n) is 9.91. The van der Waals surface area contributed by atoms with Crippen LogP contribution in [0.1, 0.15) is 0 Å². The van der Waals surface area contributed by atoms with Gasteiger partial charge in [-0.1, -0.05) is 0 Å². The minimum Gasteiger partial charge on any atom is -0.394 e. The van der Waals surface area contributed by atoms with Gasteiger partial charge in [-0.25, -0.2) is 0 Å². The lowest BCUT2D eigenvalue weighted by atomic mass is 9.96. The van der Waals surface area contributed by atoms with Crippen molar-refractivity contribution in [3.8, 4) is 0 Å². The minimum atomic E-state index is -2.11. The van der Waals surface area contributed by atoms with Gasteiger partial charge in [-0.05, 0) is 0 Å². The van der Waals surface area contributed by atoms with Crippen LogP contribution in [0.5, 0.6) is 0 Å². The molecule has 0 aromatic heterocycles. The van der Waals surface area contributed by atoms with Crippen molar-refractivity contribution in [2.24, 2.45) is 0 Å². The van der Waals surface area contributed by atoms with E-state index in [1.165, 1.54) is 0 Å². The summed E-state index contributed by atoms with van der Waals surface area (Å²) < 4.78 is 49.8. The second-order valence-electron chi connectivity index (χ2n) is 13.5. The molecule has 5 aliphatic heterocycles. The summed E-state index contributed by atoms with van der Waals surface area (Å²) in [6.45, 7) is -3.95. The van der Waals surface area contributed by atoms with Gasteiger partial charge < -0.3 is 124 Å². The van der Waals surface area contributed by atoms with Gasteiger partial charge in [-0.2, -0.15) is 0 Å². The van der Waals surface area contributed by atoms with Crippen LogP contribution in [0, 0.1) is 0 Å². The summed E-state index contributed by atoms with van der Waals surface area (Å²) in [5.74, 6) is 0. The zero-order valence-electron chi connectivity index (χ0n) is 28.2. The first-order valence-corrected chi connectivity index (χ1v) is 17.0. The molecule has 5 rings (SSSR count). The average molecular weight is 799 g/mol. The second-order valence-corrected chi connectivity index (χ2v) is 13.5. The molecule has 0 aromatic carbocycles. The Bertz CT molecular complexity index is 1150. The van der Waals surface area contributed by atoms with E-state index in [0.717, 1.165) is 0 Å². The van der Waals surface area contributed by atoms with Crippen LogP contribution >= 0.6 is 0 Å². The number of rotatable bonds is 12. The normalized spacial score (nSPS) is 53.3. The Morgan fingerprint density at radius 1 is 0.389 bits per heavy atom. The van der Waals surface area contributed by atoms with Crippen LogP contribution in [0.15, 0.2) is 0 Å². The highest BCUT2D eigenvalue weighted by Crippen LogP contribution is 2.34. The van der Waals surface area contributed by atoms with Crippen LogP contribution in [0.25, 0.3) is 0 Å². The Labute approximate surface area is 305 Å². The lowest BCUT2D eigenvalue weighted by molar-refractivity contribution is -0.386. The Hall–Kier alpha value is -1.00. The van der Waals surface area contributed by atoms with Gasteiger partial charge in [0.05, 0.1) is 33.0 Å². The molecule has 54 heavy (non-hydrogen) atoms. The Kier molecular flexibility index (Phi) is 15.3. The quantitative estimate of drug-likeness (QED) is 0.0871. The maximum Gasteiger partial charge on any atom is 0.187 e. The summed E-state index contributed by atoms with van der Waals surface area (Å²) >= 11 is 0. The largest absolute Gasteiger partial charge is 0.394 e. The zero-order chi connectivity index (χ0) is 39.8. The topological polar surface area (TPSA) is 407 Å². The van der Waals surface area contributed by atoms with Crippen LogP contribution in [-0.4, -0.2) is 262 Å². The Balaban J connectivity index is 1.38. The Morgan fingerprint density at radius 2 is 0.815 bits per heavy atom. The summed E-state index contributed by atoms with van der Waals surface area (Å²) in [5.41, 5.74) is 0. The lowest BCUT2D eigenvalue weighted by Crippen LogP contribution is -2.67. The van der Waals surface area contributed by atoms with Crippen molar-refractivity contribution in [1.82, 2.24) is 0 Å². The molecule has 25 nitrogen and oxygen atoms in total. The molecule has 0 aromatic rings. The first kappa shape index (κ1) is 44.1. The molecule has 0 spiro atoms. The second kappa shape index (κ2) is 18.7. The molecule has 5 saturated heterocycles. The molecule has 25 heteroatoms. The molecule has 0 saturated carbocycles. The fraction of sp³-hybridized carbons (Fsp3) is 1.00. The Morgan fingerprint density at radius 3 is 1.31 bits per heavy atom. The van der Waals surface area contributed by atoms with E-state index in [0.29, 0.717) is 0 Å². The van der Waals surface area contributed by atoms with Crippen molar-refractivity contribution >= 4 is 0 Å². The third kappa shape index (κ3) is 9.00. The van der Waals surface area contributed by atoms with E-state index in [9.17, 15) is 81.7 Å². The van der Waals surface area contributed by atoms with Gasteiger partial charge in [-0.3, -0.25) is 0 Å². The van der Waals surface area contributed by atoms with Crippen LogP contribution in [-0.2, 0) is 42.6 Å². The van der Waals surface area contributed by atoms with E-state index in [4.69, 9.17) is 42.6 Å². The molecule has 5 heterocycles. The maximum absolute atomic E-state index is 11.3. The molecule has 316 valence electrons.